The summed E-state index contributed by atoms with van der Waals surface area (Å²) in [5.74, 6) is -1.60. The zero-order chi connectivity index (χ0) is 25.5. The van der Waals surface area contributed by atoms with Gasteiger partial charge in [-0.15, -0.1) is 0 Å². The molecule has 0 aliphatic carbocycles. The fourth-order valence-corrected chi connectivity index (χ4v) is 3.08. The van der Waals surface area contributed by atoms with Crippen LogP contribution in [-0.2, 0) is 9.53 Å². The number of benzene rings is 2. The molecule has 2 N–H and O–H groups in total. The minimum absolute atomic E-state index is 0.0632. The molecule has 0 spiro atoms. The van der Waals surface area contributed by atoms with Gasteiger partial charge in [0, 0.05) is 17.8 Å². The highest BCUT2D eigenvalue weighted by Crippen LogP contribution is 2.22. The molecule has 12 nitrogen and oxygen atoms in total. The van der Waals surface area contributed by atoms with Gasteiger partial charge in [-0.3, -0.25) is 20.2 Å². The lowest BCUT2D eigenvalue weighted by molar-refractivity contribution is -0.384. The van der Waals surface area contributed by atoms with E-state index in [1.165, 1.54) is 35.1 Å². The van der Waals surface area contributed by atoms with Gasteiger partial charge in [-0.2, -0.15) is 5.10 Å². The number of carbonyl (C=O) groups is 3. The molecule has 0 aliphatic heterocycles. The van der Waals surface area contributed by atoms with Crippen LogP contribution in [0.2, 0.25) is 0 Å². The van der Waals surface area contributed by atoms with Gasteiger partial charge in [0.25, 0.3) is 11.6 Å². The Morgan fingerprint density at radius 2 is 1.83 bits per heavy atom. The van der Waals surface area contributed by atoms with Crippen LogP contribution in [0, 0.1) is 24.0 Å². The van der Waals surface area contributed by atoms with Crippen molar-refractivity contribution in [3.05, 3.63) is 75.6 Å². The molecule has 182 valence electrons. The third-order valence-corrected chi connectivity index (χ3v) is 4.72. The van der Waals surface area contributed by atoms with E-state index >= 15 is 0 Å². The first kappa shape index (κ1) is 24.9. The molecule has 3 amide bonds. The summed E-state index contributed by atoms with van der Waals surface area (Å²) in [5, 5.41) is 19.7. The number of aromatic nitrogens is 2. The van der Waals surface area contributed by atoms with Crippen LogP contribution in [0.25, 0.3) is 5.69 Å². The first-order valence-electron chi connectivity index (χ1n) is 10.5. The van der Waals surface area contributed by atoms with Gasteiger partial charge < -0.3 is 14.8 Å². The van der Waals surface area contributed by atoms with Gasteiger partial charge in [-0.1, -0.05) is 17.7 Å². The number of imide groups is 1. The lowest BCUT2D eigenvalue weighted by atomic mass is 10.1. The van der Waals surface area contributed by atoms with Gasteiger partial charge >= 0.3 is 12.0 Å². The standard InChI is InChI=1S/C23H23N5O7/c1-4-34-22(30)21-19(12-27(26-21)16-6-8-17(9-7-16)28(32)33)35-13-20(29)25-23(31)24-18-10-5-14(2)11-15(18)3/h5-12H,4,13H2,1-3H3,(H2,24,25,29,31). The number of nitrogens with zero attached hydrogens (tertiary/aromatic N) is 3. The lowest BCUT2D eigenvalue weighted by Crippen LogP contribution is -2.37. The van der Waals surface area contributed by atoms with E-state index in [1.807, 2.05) is 26.0 Å². The number of amides is 3. The number of rotatable bonds is 8. The van der Waals surface area contributed by atoms with Gasteiger partial charge in [-0.05, 0) is 44.5 Å². The van der Waals surface area contributed by atoms with Crippen LogP contribution in [-0.4, -0.2) is 45.8 Å². The second-order valence-electron chi connectivity index (χ2n) is 7.39. The number of aryl methyl sites for hydroxylation is 2. The Kier molecular flexibility index (Phi) is 7.77. The molecule has 3 rings (SSSR count). The Morgan fingerprint density at radius 3 is 2.46 bits per heavy atom. The van der Waals surface area contributed by atoms with Crippen LogP contribution >= 0.6 is 0 Å². The Bertz CT molecular complexity index is 1270. The number of anilines is 1. The van der Waals surface area contributed by atoms with Crippen molar-refractivity contribution in [2.45, 2.75) is 20.8 Å². The average molecular weight is 481 g/mol. The highest BCUT2D eigenvalue weighted by molar-refractivity contribution is 6.02. The van der Waals surface area contributed by atoms with Crippen LogP contribution < -0.4 is 15.4 Å². The second kappa shape index (κ2) is 10.9. The third kappa shape index (κ3) is 6.41. The summed E-state index contributed by atoms with van der Waals surface area (Å²) in [6.07, 6.45) is 1.33. The zero-order valence-corrected chi connectivity index (χ0v) is 19.2. The number of nitro benzene ring substituents is 1. The highest BCUT2D eigenvalue weighted by atomic mass is 16.6. The van der Waals surface area contributed by atoms with Crippen LogP contribution in [0.3, 0.4) is 0 Å². The Balaban J connectivity index is 1.69. The molecule has 0 saturated carbocycles. The van der Waals surface area contributed by atoms with E-state index in [0.29, 0.717) is 11.4 Å². The predicted molar refractivity (Wildman–Crippen MR) is 125 cm³/mol. The molecule has 0 saturated heterocycles. The molecular formula is C23H23N5O7. The number of non-ortho nitro benzene ring substituents is 1. The Morgan fingerprint density at radius 1 is 1.11 bits per heavy atom. The second-order valence-corrected chi connectivity index (χ2v) is 7.39. The van der Waals surface area contributed by atoms with Crippen LogP contribution in [0.5, 0.6) is 5.75 Å². The average Bonchev–Trinajstić information content (AvgIpc) is 3.24. The molecule has 35 heavy (non-hydrogen) atoms. The van der Waals surface area contributed by atoms with Gasteiger partial charge in [0.15, 0.2) is 12.4 Å². The van der Waals surface area contributed by atoms with E-state index in [-0.39, 0.29) is 23.7 Å². The van der Waals surface area contributed by atoms with Crippen LogP contribution in [0.1, 0.15) is 28.5 Å². The smallest absolute Gasteiger partial charge is 0.362 e. The molecule has 0 unspecified atom stereocenters. The molecule has 0 fully saturated rings. The fourth-order valence-electron chi connectivity index (χ4n) is 3.08. The Hall–Kier alpha value is -4.74. The van der Waals surface area contributed by atoms with Crippen molar-refractivity contribution in [1.82, 2.24) is 15.1 Å². The van der Waals surface area contributed by atoms with Crippen LogP contribution in [0.4, 0.5) is 16.2 Å². The summed E-state index contributed by atoms with van der Waals surface area (Å²) in [5.41, 5.74) is 2.52. The van der Waals surface area contributed by atoms with E-state index in [2.05, 4.69) is 15.7 Å². The van der Waals surface area contributed by atoms with Crippen molar-refractivity contribution in [3.8, 4) is 11.4 Å². The summed E-state index contributed by atoms with van der Waals surface area (Å²) in [6.45, 7) is 4.87. The number of nitrogens with one attached hydrogen (secondary N) is 2. The molecule has 3 aromatic rings. The first-order valence-corrected chi connectivity index (χ1v) is 10.5. The number of nitro groups is 1. The number of urea groups is 1. The highest BCUT2D eigenvalue weighted by Gasteiger charge is 2.22. The predicted octanol–water partition coefficient (Wildman–Crippen LogP) is 3.30. The normalized spacial score (nSPS) is 10.4. The van der Waals surface area contributed by atoms with Crippen molar-refractivity contribution in [2.75, 3.05) is 18.5 Å². The van der Waals surface area contributed by atoms with Crippen LogP contribution in [0.15, 0.2) is 48.7 Å². The molecule has 1 heterocycles. The minimum Gasteiger partial charge on any atom is -0.480 e. The topological polar surface area (TPSA) is 155 Å². The summed E-state index contributed by atoms with van der Waals surface area (Å²) < 4.78 is 11.7. The van der Waals surface area contributed by atoms with Gasteiger partial charge in [0.05, 0.1) is 23.4 Å². The molecular weight excluding hydrogens is 458 g/mol. The van der Waals surface area contributed by atoms with E-state index in [9.17, 15) is 24.5 Å². The largest absolute Gasteiger partial charge is 0.480 e. The maximum Gasteiger partial charge on any atom is 0.362 e. The molecule has 0 aliphatic rings. The quantitative estimate of drug-likeness (QED) is 0.282. The molecule has 12 heteroatoms. The number of esters is 1. The maximum atomic E-state index is 12.3. The van der Waals surface area contributed by atoms with Crippen molar-refractivity contribution >= 4 is 29.3 Å². The van der Waals surface area contributed by atoms with E-state index in [0.717, 1.165) is 11.1 Å². The first-order chi connectivity index (χ1) is 16.7. The van der Waals surface area contributed by atoms with E-state index in [1.54, 1.807) is 13.0 Å². The number of hydrogen-bond donors (Lipinski definition) is 2. The van der Waals surface area contributed by atoms with Gasteiger partial charge in [0.1, 0.15) is 0 Å². The zero-order valence-electron chi connectivity index (χ0n) is 19.2. The number of ether oxygens (including phenoxy) is 2. The Labute approximate surface area is 200 Å². The van der Waals surface area contributed by atoms with Crippen molar-refractivity contribution in [3.63, 3.8) is 0 Å². The maximum absolute atomic E-state index is 12.3. The summed E-state index contributed by atoms with van der Waals surface area (Å²) in [6, 6.07) is 10.1. The minimum atomic E-state index is -0.781. The lowest BCUT2D eigenvalue weighted by Gasteiger charge is -2.10. The van der Waals surface area contributed by atoms with Crippen molar-refractivity contribution < 1.29 is 28.8 Å². The molecule has 1 aromatic heterocycles. The molecule has 0 bridgehead atoms. The third-order valence-electron chi connectivity index (χ3n) is 4.72. The monoisotopic (exact) mass is 481 g/mol. The van der Waals surface area contributed by atoms with Gasteiger partial charge in [0.2, 0.25) is 5.69 Å². The van der Waals surface area contributed by atoms with E-state index in [4.69, 9.17) is 9.47 Å². The molecule has 0 radical (unpaired) electrons. The van der Waals surface area contributed by atoms with E-state index < -0.39 is 29.4 Å². The summed E-state index contributed by atoms with van der Waals surface area (Å²) >= 11 is 0. The van der Waals surface area contributed by atoms with Gasteiger partial charge in [-0.25, -0.2) is 14.3 Å². The number of hydrogen-bond acceptors (Lipinski definition) is 8. The van der Waals surface area contributed by atoms with Crippen molar-refractivity contribution in [1.29, 1.82) is 0 Å². The molecule has 0 atom stereocenters. The summed E-state index contributed by atoms with van der Waals surface area (Å²) in [7, 11) is 0. The SMILES string of the molecule is CCOC(=O)c1nn(-c2ccc([N+](=O)[O-])cc2)cc1OCC(=O)NC(=O)Nc1ccc(C)cc1C. The summed E-state index contributed by atoms with van der Waals surface area (Å²) in [4.78, 5) is 47.0. The molecule has 2 aromatic carbocycles. The van der Waals surface area contributed by atoms with Crippen molar-refractivity contribution in [2.24, 2.45) is 0 Å². The number of carbonyl (C=O) groups excluding carboxylic acids is 3. The fraction of sp³-hybridized carbons (Fsp3) is 0.217.